The molecule has 0 radical (unpaired) electrons. The van der Waals surface area contributed by atoms with Crippen molar-refractivity contribution in [3.8, 4) is 17.2 Å². The molecular weight excluding hydrogens is 402 g/mol. The first kappa shape index (κ1) is 20.5. The number of amides is 1. The van der Waals surface area contributed by atoms with E-state index in [0.29, 0.717) is 59.1 Å². The van der Waals surface area contributed by atoms with Gasteiger partial charge in [0.15, 0.2) is 11.5 Å². The zero-order valence-electron chi connectivity index (χ0n) is 15.4. The highest BCUT2D eigenvalue weighted by atomic mass is 32.2. The summed E-state index contributed by atoms with van der Waals surface area (Å²) in [5.74, 6) is 0.772. The van der Waals surface area contributed by atoms with E-state index >= 15 is 0 Å². The Morgan fingerprint density at radius 2 is 2.11 bits per heavy atom. The molecule has 9 heteroatoms. The van der Waals surface area contributed by atoms with Gasteiger partial charge in [0.2, 0.25) is 5.75 Å². The van der Waals surface area contributed by atoms with Crippen LogP contribution in [0.5, 0.6) is 17.2 Å². The lowest BCUT2D eigenvalue weighted by Gasteiger charge is -2.21. The van der Waals surface area contributed by atoms with Gasteiger partial charge in [0.1, 0.15) is 17.5 Å². The minimum atomic E-state index is -0.802. The summed E-state index contributed by atoms with van der Waals surface area (Å²) in [5.41, 5.74) is 0.767. The second kappa shape index (κ2) is 9.29. The van der Waals surface area contributed by atoms with Gasteiger partial charge in [-0.25, -0.2) is 0 Å². The number of ether oxygens (including phenoxy) is 3. The number of benzene rings is 1. The van der Waals surface area contributed by atoms with Gasteiger partial charge in [0.25, 0.3) is 5.91 Å². The van der Waals surface area contributed by atoms with Gasteiger partial charge in [-0.3, -0.25) is 14.5 Å². The number of unbranched alkanes of at least 4 members (excludes halogenated alkanes) is 2. The minimum absolute atomic E-state index is 0.137. The Labute approximate surface area is 172 Å². The lowest BCUT2D eigenvalue weighted by molar-refractivity contribution is -0.137. The summed E-state index contributed by atoms with van der Waals surface area (Å²) >= 11 is 6.60. The number of carboxylic acids is 1. The Morgan fingerprint density at radius 1 is 1.32 bits per heavy atom. The predicted octanol–water partition coefficient (Wildman–Crippen LogP) is 3.31. The SMILES string of the molecule is COc1cc(/C=C2\SC(=S)N(CCCCCC(=O)O)C2=O)cc2c1OCCO2. The number of hydrogen-bond acceptors (Lipinski definition) is 7. The van der Waals surface area contributed by atoms with Gasteiger partial charge in [0, 0.05) is 13.0 Å². The summed E-state index contributed by atoms with van der Waals surface area (Å²) in [6.07, 6.45) is 3.96. The fourth-order valence-electron chi connectivity index (χ4n) is 2.94. The number of nitrogens with zero attached hydrogens (tertiary/aromatic N) is 1. The second-order valence-electron chi connectivity index (χ2n) is 6.29. The van der Waals surface area contributed by atoms with E-state index in [1.807, 2.05) is 6.07 Å². The van der Waals surface area contributed by atoms with Crippen molar-refractivity contribution in [1.29, 1.82) is 0 Å². The van der Waals surface area contributed by atoms with Crippen molar-refractivity contribution >= 4 is 46.3 Å². The molecule has 3 rings (SSSR count). The highest BCUT2D eigenvalue weighted by molar-refractivity contribution is 8.26. The zero-order chi connectivity index (χ0) is 20.1. The largest absolute Gasteiger partial charge is 0.493 e. The molecule has 0 aliphatic carbocycles. The normalized spacial score (nSPS) is 17.3. The Balaban J connectivity index is 1.69. The summed E-state index contributed by atoms with van der Waals surface area (Å²) in [7, 11) is 1.56. The third-order valence-corrected chi connectivity index (χ3v) is 5.67. The van der Waals surface area contributed by atoms with Crippen LogP contribution < -0.4 is 14.2 Å². The van der Waals surface area contributed by atoms with Crippen molar-refractivity contribution in [2.24, 2.45) is 0 Å². The van der Waals surface area contributed by atoms with Gasteiger partial charge in [0.05, 0.1) is 12.0 Å². The van der Waals surface area contributed by atoms with Crippen LogP contribution >= 0.6 is 24.0 Å². The van der Waals surface area contributed by atoms with E-state index in [2.05, 4.69) is 0 Å². The lowest BCUT2D eigenvalue weighted by atomic mass is 10.1. The van der Waals surface area contributed by atoms with E-state index in [0.717, 1.165) is 12.0 Å². The van der Waals surface area contributed by atoms with Crippen LogP contribution in [-0.2, 0) is 9.59 Å². The van der Waals surface area contributed by atoms with Gasteiger partial charge in [-0.15, -0.1) is 0 Å². The van der Waals surface area contributed by atoms with Crippen molar-refractivity contribution in [1.82, 2.24) is 4.90 Å². The van der Waals surface area contributed by atoms with Crippen LogP contribution in [0.3, 0.4) is 0 Å². The summed E-state index contributed by atoms with van der Waals surface area (Å²) in [5, 5.41) is 8.67. The van der Waals surface area contributed by atoms with Crippen LogP contribution in [0.2, 0.25) is 0 Å². The molecule has 0 unspecified atom stereocenters. The lowest BCUT2D eigenvalue weighted by Crippen LogP contribution is -2.29. The first-order valence-corrected chi connectivity index (χ1v) is 10.2. The number of hydrogen-bond donors (Lipinski definition) is 1. The number of thiocarbonyl (C=S) groups is 1. The summed E-state index contributed by atoms with van der Waals surface area (Å²) in [4.78, 5) is 25.4. The molecule has 7 nitrogen and oxygen atoms in total. The Bertz CT molecular complexity index is 806. The zero-order valence-corrected chi connectivity index (χ0v) is 17.1. The maximum atomic E-state index is 12.7. The van der Waals surface area contributed by atoms with E-state index in [4.69, 9.17) is 31.5 Å². The van der Waals surface area contributed by atoms with Crippen molar-refractivity contribution in [3.05, 3.63) is 22.6 Å². The van der Waals surface area contributed by atoms with Gasteiger partial charge >= 0.3 is 5.97 Å². The molecule has 2 heterocycles. The summed E-state index contributed by atoms with van der Waals surface area (Å²) in [6.45, 7) is 1.42. The molecule has 1 fully saturated rings. The molecule has 1 N–H and O–H groups in total. The third-order valence-electron chi connectivity index (χ3n) is 4.29. The van der Waals surface area contributed by atoms with E-state index in [-0.39, 0.29) is 12.3 Å². The smallest absolute Gasteiger partial charge is 0.303 e. The summed E-state index contributed by atoms with van der Waals surface area (Å²) < 4.78 is 17.1. The Morgan fingerprint density at radius 3 is 2.86 bits per heavy atom. The van der Waals surface area contributed by atoms with E-state index < -0.39 is 5.97 Å². The maximum absolute atomic E-state index is 12.7. The van der Waals surface area contributed by atoms with Gasteiger partial charge in [-0.1, -0.05) is 30.4 Å². The molecule has 0 atom stereocenters. The number of thioether (sulfide) groups is 1. The highest BCUT2D eigenvalue weighted by Gasteiger charge is 2.31. The fraction of sp³-hybridized carbons (Fsp3) is 0.421. The minimum Gasteiger partial charge on any atom is -0.493 e. The molecule has 1 aromatic carbocycles. The van der Waals surface area contributed by atoms with E-state index in [1.165, 1.54) is 11.8 Å². The molecule has 28 heavy (non-hydrogen) atoms. The molecule has 0 aromatic heterocycles. The molecule has 2 aliphatic heterocycles. The average molecular weight is 424 g/mol. The van der Waals surface area contributed by atoms with Gasteiger partial charge in [-0.2, -0.15) is 0 Å². The molecule has 1 saturated heterocycles. The molecule has 0 bridgehead atoms. The van der Waals surface area contributed by atoms with Crippen LogP contribution in [0.4, 0.5) is 0 Å². The van der Waals surface area contributed by atoms with Crippen LogP contribution in [-0.4, -0.2) is 53.1 Å². The number of carbonyl (C=O) groups excluding carboxylic acids is 1. The first-order valence-electron chi connectivity index (χ1n) is 8.94. The van der Waals surface area contributed by atoms with Gasteiger partial charge in [-0.05, 0) is 36.6 Å². The molecule has 2 aliphatic rings. The van der Waals surface area contributed by atoms with Crippen molar-refractivity contribution in [2.45, 2.75) is 25.7 Å². The quantitative estimate of drug-likeness (QED) is 0.387. The Kier molecular flexibility index (Phi) is 6.79. The maximum Gasteiger partial charge on any atom is 0.303 e. The number of carboxylic acid groups (broad SMARTS) is 1. The van der Waals surface area contributed by atoms with Crippen molar-refractivity contribution in [3.63, 3.8) is 0 Å². The fourth-order valence-corrected chi connectivity index (χ4v) is 4.25. The van der Waals surface area contributed by atoms with Gasteiger partial charge < -0.3 is 19.3 Å². The number of aliphatic carboxylic acids is 1. The van der Waals surface area contributed by atoms with E-state index in [1.54, 1.807) is 24.2 Å². The van der Waals surface area contributed by atoms with Crippen LogP contribution in [0.25, 0.3) is 6.08 Å². The van der Waals surface area contributed by atoms with Crippen LogP contribution in [0.15, 0.2) is 17.0 Å². The molecule has 1 amide bonds. The van der Waals surface area contributed by atoms with Crippen molar-refractivity contribution < 1.29 is 28.9 Å². The third kappa shape index (κ3) is 4.77. The highest BCUT2D eigenvalue weighted by Crippen LogP contribution is 2.42. The molecule has 150 valence electrons. The number of fused-ring (bicyclic) bond motifs is 1. The number of rotatable bonds is 8. The van der Waals surface area contributed by atoms with Crippen LogP contribution in [0, 0.1) is 0 Å². The Hall–Kier alpha value is -2.26. The average Bonchev–Trinajstić information content (AvgIpc) is 2.94. The van der Waals surface area contributed by atoms with Crippen molar-refractivity contribution in [2.75, 3.05) is 26.9 Å². The monoisotopic (exact) mass is 423 g/mol. The molecule has 1 aromatic rings. The summed E-state index contributed by atoms with van der Waals surface area (Å²) in [6, 6.07) is 3.61. The standard InChI is InChI=1S/C19H21NO6S2/c1-24-13-9-12(10-14-17(13)26-8-7-25-14)11-15-18(23)20(19(27)28-15)6-4-2-3-5-16(21)22/h9-11H,2-8H2,1H3,(H,21,22)/b15-11-. The van der Waals surface area contributed by atoms with Crippen LogP contribution in [0.1, 0.15) is 31.2 Å². The molecular formula is C19H21NO6S2. The second-order valence-corrected chi connectivity index (χ2v) is 7.96. The molecule has 0 saturated carbocycles. The van der Waals surface area contributed by atoms with E-state index in [9.17, 15) is 9.59 Å². The number of methoxy groups -OCH3 is 1. The molecule has 0 spiro atoms. The predicted molar refractivity (Wildman–Crippen MR) is 110 cm³/mol. The topological polar surface area (TPSA) is 85.3 Å². The first-order chi connectivity index (χ1) is 13.5. The number of carbonyl (C=O) groups is 2.